The maximum atomic E-state index is 6.26. The number of pyridine rings is 1. The number of rotatable bonds is 3. The van der Waals surface area contributed by atoms with Crippen molar-refractivity contribution in [3.05, 3.63) is 46.5 Å². The van der Waals surface area contributed by atoms with E-state index < -0.39 is 0 Å². The molecule has 0 fully saturated rings. The van der Waals surface area contributed by atoms with E-state index in [1.807, 2.05) is 37.6 Å². The summed E-state index contributed by atoms with van der Waals surface area (Å²) in [6, 6.07) is 3.83. The third-order valence-electron chi connectivity index (χ3n) is 2.86. The fraction of sp³-hybridized carbons (Fsp3) is 0.385. The molecule has 18 heavy (non-hydrogen) atoms. The quantitative estimate of drug-likeness (QED) is 0.927. The van der Waals surface area contributed by atoms with E-state index in [0.29, 0.717) is 5.02 Å². The smallest absolute Gasteiger partial charge is 0.0837 e. The third-order valence-corrected chi connectivity index (χ3v) is 3.16. The van der Waals surface area contributed by atoms with Gasteiger partial charge in [0, 0.05) is 17.9 Å². The number of hydrogen-bond acceptors (Lipinski definition) is 3. The molecule has 0 spiro atoms. The van der Waals surface area contributed by atoms with Crippen LogP contribution in [-0.4, -0.2) is 14.8 Å². The van der Waals surface area contributed by atoms with Crippen molar-refractivity contribution in [3.63, 3.8) is 0 Å². The van der Waals surface area contributed by atoms with E-state index in [2.05, 4.69) is 10.1 Å². The summed E-state index contributed by atoms with van der Waals surface area (Å²) in [4.78, 5) is 4.26. The highest BCUT2D eigenvalue weighted by Gasteiger charge is 2.20. The second-order valence-electron chi connectivity index (χ2n) is 4.63. The van der Waals surface area contributed by atoms with Crippen LogP contribution in [0.5, 0.6) is 0 Å². The van der Waals surface area contributed by atoms with Crippen LogP contribution in [0.1, 0.15) is 42.9 Å². The topological polar surface area (TPSA) is 56.7 Å². The van der Waals surface area contributed by atoms with Gasteiger partial charge in [0.25, 0.3) is 0 Å². The molecule has 0 aliphatic carbocycles. The molecule has 0 amide bonds. The molecule has 0 aliphatic heterocycles. The van der Waals surface area contributed by atoms with E-state index in [-0.39, 0.29) is 12.1 Å². The molecule has 2 heterocycles. The van der Waals surface area contributed by atoms with Gasteiger partial charge in [-0.05, 0) is 32.4 Å². The number of hydrogen-bond donors (Lipinski definition) is 1. The van der Waals surface area contributed by atoms with Crippen LogP contribution in [-0.2, 0) is 0 Å². The third kappa shape index (κ3) is 2.40. The lowest BCUT2D eigenvalue weighted by molar-refractivity contribution is 0.499. The highest BCUT2D eigenvalue weighted by molar-refractivity contribution is 6.31. The monoisotopic (exact) mass is 264 g/mol. The SMILES string of the molecule is Cc1ccc(C(N)c2c(Cl)cnn2C(C)C)cn1. The van der Waals surface area contributed by atoms with Gasteiger partial charge in [0.2, 0.25) is 0 Å². The Labute approximate surface area is 112 Å². The standard InChI is InChI=1S/C13H17ClN4/c1-8(2)18-13(11(14)7-17-18)12(15)10-5-4-9(3)16-6-10/h4-8,12H,15H2,1-3H3. The summed E-state index contributed by atoms with van der Waals surface area (Å²) in [5.74, 6) is 0. The van der Waals surface area contributed by atoms with E-state index in [0.717, 1.165) is 17.0 Å². The largest absolute Gasteiger partial charge is 0.319 e. The molecule has 2 rings (SSSR count). The van der Waals surface area contributed by atoms with E-state index in [1.165, 1.54) is 0 Å². The summed E-state index contributed by atoms with van der Waals surface area (Å²) >= 11 is 6.18. The molecule has 0 aromatic carbocycles. The average molecular weight is 265 g/mol. The fourth-order valence-electron chi connectivity index (χ4n) is 1.87. The second kappa shape index (κ2) is 5.08. The first-order valence-electron chi connectivity index (χ1n) is 5.91. The van der Waals surface area contributed by atoms with E-state index in [9.17, 15) is 0 Å². The van der Waals surface area contributed by atoms with Crippen molar-refractivity contribution in [3.8, 4) is 0 Å². The van der Waals surface area contributed by atoms with Crippen molar-refractivity contribution in [1.82, 2.24) is 14.8 Å². The molecule has 5 heteroatoms. The molecule has 1 atom stereocenters. The van der Waals surface area contributed by atoms with Gasteiger partial charge in [0.1, 0.15) is 0 Å². The van der Waals surface area contributed by atoms with Gasteiger partial charge in [-0.15, -0.1) is 0 Å². The van der Waals surface area contributed by atoms with Crippen molar-refractivity contribution < 1.29 is 0 Å². The Morgan fingerprint density at radius 2 is 2.00 bits per heavy atom. The lowest BCUT2D eigenvalue weighted by atomic mass is 10.1. The Bertz CT molecular complexity index is 530. The molecule has 96 valence electrons. The molecule has 0 saturated carbocycles. The zero-order valence-electron chi connectivity index (χ0n) is 10.8. The molecule has 0 aliphatic rings. The van der Waals surface area contributed by atoms with Crippen molar-refractivity contribution in [2.24, 2.45) is 5.73 Å². The van der Waals surface area contributed by atoms with E-state index in [4.69, 9.17) is 17.3 Å². The minimum Gasteiger partial charge on any atom is -0.319 e. The van der Waals surface area contributed by atoms with Crippen LogP contribution >= 0.6 is 11.6 Å². The van der Waals surface area contributed by atoms with Crippen LogP contribution in [0, 0.1) is 6.92 Å². The lowest BCUT2D eigenvalue weighted by Gasteiger charge is -2.17. The first-order valence-corrected chi connectivity index (χ1v) is 6.29. The Morgan fingerprint density at radius 1 is 1.28 bits per heavy atom. The van der Waals surface area contributed by atoms with E-state index in [1.54, 1.807) is 12.4 Å². The van der Waals surface area contributed by atoms with Gasteiger partial charge in [0.15, 0.2) is 0 Å². The minimum atomic E-state index is -0.310. The highest BCUT2D eigenvalue weighted by Crippen LogP contribution is 2.28. The Kier molecular flexibility index (Phi) is 3.68. The first-order chi connectivity index (χ1) is 8.50. The van der Waals surface area contributed by atoms with Crippen molar-refractivity contribution in [2.75, 3.05) is 0 Å². The molecule has 0 bridgehead atoms. The summed E-state index contributed by atoms with van der Waals surface area (Å²) in [7, 11) is 0. The Balaban J connectivity index is 2.42. The van der Waals surface area contributed by atoms with Gasteiger partial charge in [-0.1, -0.05) is 17.7 Å². The van der Waals surface area contributed by atoms with Gasteiger partial charge in [-0.3, -0.25) is 9.67 Å². The molecule has 2 N–H and O–H groups in total. The number of nitrogens with two attached hydrogens (primary N) is 1. The van der Waals surface area contributed by atoms with Gasteiger partial charge >= 0.3 is 0 Å². The van der Waals surface area contributed by atoms with E-state index >= 15 is 0 Å². The first kappa shape index (κ1) is 13.1. The highest BCUT2D eigenvalue weighted by atomic mass is 35.5. The predicted molar refractivity (Wildman–Crippen MR) is 72.6 cm³/mol. The van der Waals surface area contributed by atoms with Crippen LogP contribution in [0.2, 0.25) is 5.02 Å². The minimum absolute atomic E-state index is 0.219. The zero-order valence-corrected chi connectivity index (χ0v) is 11.5. The number of aryl methyl sites for hydroxylation is 1. The summed E-state index contributed by atoms with van der Waals surface area (Å²) in [5.41, 5.74) is 9.00. The number of halogens is 1. The summed E-state index contributed by atoms with van der Waals surface area (Å²) in [6.45, 7) is 6.04. The molecule has 2 aromatic rings. The molecule has 0 saturated heterocycles. The Morgan fingerprint density at radius 3 is 2.56 bits per heavy atom. The fourth-order valence-corrected chi connectivity index (χ4v) is 2.12. The maximum absolute atomic E-state index is 6.26. The van der Waals surface area contributed by atoms with Crippen LogP contribution in [0.15, 0.2) is 24.5 Å². The van der Waals surface area contributed by atoms with Gasteiger partial charge in [-0.25, -0.2) is 0 Å². The number of nitrogens with zero attached hydrogens (tertiary/aromatic N) is 3. The van der Waals surface area contributed by atoms with Crippen molar-refractivity contribution >= 4 is 11.6 Å². The van der Waals surface area contributed by atoms with Gasteiger partial charge in [0.05, 0.1) is 23.0 Å². The molecule has 1 unspecified atom stereocenters. The molecule has 2 aromatic heterocycles. The summed E-state index contributed by atoms with van der Waals surface area (Å²) < 4.78 is 1.85. The summed E-state index contributed by atoms with van der Waals surface area (Å²) in [5, 5.41) is 4.86. The van der Waals surface area contributed by atoms with Crippen LogP contribution in [0.3, 0.4) is 0 Å². The zero-order chi connectivity index (χ0) is 13.3. The van der Waals surface area contributed by atoms with Crippen LogP contribution in [0.4, 0.5) is 0 Å². The lowest BCUT2D eigenvalue weighted by Crippen LogP contribution is -2.19. The van der Waals surface area contributed by atoms with Gasteiger partial charge in [-0.2, -0.15) is 5.10 Å². The summed E-state index contributed by atoms with van der Waals surface area (Å²) in [6.07, 6.45) is 3.42. The average Bonchev–Trinajstić information content (AvgIpc) is 2.71. The molecular weight excluding hydrogens is 248 g/mol. The maximum Gasteiger partial charge on any atom is 0.0837 e. The van der Waals surface area contributed by atoms with Crippen LogP contribution in [0.25, 0.3) is 0 Å². The second-order valence-corrected chi connectivity index (χ2v) is 5.03. The normalized spacial score (nSPS) is 13.0. The van der Waals surface area contributed by atoms with Crippen LogP contribution < -0.4 is 5.73 Å². The molecule has 4 nitrogen and oxygen atoms in total. The molecular formula is C13H17ClN4. The molecule has 0 radical (unpaired) electrons. The van der Waals surface area contributed by atoms with Gasteiger partial charge < -0.3 is 5.73 Å². The van der Waals surface area contributed by atoms with Crippen molar-refractivity contribution in [2.45, 2.75) is 32.9 Å². The van der Waals surface area contributed by atoms with Crippen molar-refractivity contribution in [1.29, 1.82) is 0 Å². The predicted octanol–water partition coefficient (Wildman–Crippen LogP) is 2.87. The Hall–Kier alpha value is -1.39. The number of aromatic nitrogens is 3.